The van der Waals surface area contributed by atoms with Gasteiger partial charge in [0, 0.05) is 24.1 Å². The summed E-state index contributed by atoms with van der Waals surface area (Å²) in [5, 5.41) is 6.20. The lowest BCUT2D eigenvalue weighted by molar-refractivity contribution is 0.102. The third-order valence-electron chi connectivity index (χ3n) is 3.10. The van der Waals surface area contributed by atoms with Crippen LogP contribution in [-0.4, -0.2) is 16.9 Å². The predicted molar refractivity (Wildman–Crippen MR) is 86.8 cm³/mol. The number of para-hydroxylation sites is 1. The van der Waals surface area contributed by atoms with E-state index in [1.807, 2.05) is 44.2 Å². The second-order valence-corrected chi connectivity index (χ2v) is 5.23. The second kappa shape index (κ2) is 6.88. The first-order chi connectivity index (χ1) is 10.1. The van der Waals surface area contributed by atoms with Gasteiger partial charge in [-0.15, -0.1) is 0 Å². The molecule has 4 heteroatoms. The summed E-state index contributed by atoms with van der Waals surface area (Å²) in [6.45, 7) is 6.16. The van der Waals surface area contributed by atoms with Crippen LogP contribution in [0, 0.1) is 0 Å². The van der Waals surface area contributed by atoms with Gasteiger partial charge in [-0.2, -0.15) is 0 Å². The number of rotatable bonds is 5. The molecule has 110 valence electrons. The van der Waals surface area contributed by atoms with Gasteiger partial charge in [-0.3, -0.25) is 9.78 Å². The highest BCUT2D eigenvalue weighted by Crippen LogP contribution is 2.17. The van der Waals surface area contributed by atoms with Crippen LogP contribution in [0.2, 0.25) is 0 Å². The van der Waals surface area contributed by atoms with E-state index in [0.717, 1.165) is 23.4 Å². The van der Waals surface area contributed by atoms with Crippen LogP contribution in [-0.2, 0) is 6.42 Å². The van der Waals surface area contributed by atoms with E-state index in [9.17, 15) is 4.79 Å². The van der Waals surface area contributed by atoms with Crippen LogP contribution in [0.4, 0.5) is 11.4 Å². The number of pyridine rings is 1. The van der Waals surface area contributed by atoms with Crippen LogP contribution in [0.5, 0.6) is 0 Å². The van der Waals surface area contributed by atoms with Crippen molar-refractivity contribution in [1.82, 2.24) is 4.98 Å². The number of anilines is 2. The minimum atomic E-state index is -0.143. The minimum Gasteiger partial charge on any atom is -0.382 e. The Kier molecular flexibility index (Phi) is 4.93. The fourth-order valence-corrected chi connectivity index (χ4v) is 2.12. The largest absolute Gasteiger partial charge is 0.382 e. The first-order valence-electron chi connectivity index (χ1n) is 7.21. The molecule has 2 aromatic rings. The molecular formula is C17H21N3O. The summed E-state index contributed by atoms with van der Waals surface area (Å²) in [6, 6.07) is 9.94. The molecule has 0 aliphatic rings. The van der Waals surface area contributed by atoms with Crippen molar-refractivity contribution >= 4 is 17.3 Å². The monoisotopic (exact) mass is 283 g/mol. The second-order valence-electron chi connectivity index (χ2n) is 5.23. The molecule has 0 radical (unpaired) electrons. The van der Waals surface area contributed by atoms with Crippen LogP contribution >= 0.6 is 0 Å². The standard InChI is InChI=1S/C17H21N3O/c1-4-13-7-5-6-8-16(13)20-17(21)14-9-15(11-18-10-14)19-12(2)3/h5-12,19H,4H2,1-3H3,(H,20,21). The number of carbonyl (C=O) groups is 1. The fraction of sp³-hybridized carbons (Fsp3) is 0.294. The van der Waals surface area contributed by atoms with Gasteiger partial charge in [0.25, 0.3) is 5.91 Å². The Labute approximate surface area is 125 Å². The van der Waals surface area contributed by atoms with Gasteiger partial charge < -0.3 is 10.6 Å². The molecule has 0 atom stereocenters. The molecule has 0 spiro atoms. The molecular weight excluding hydrogens is 262 g/mol. The number of carbonyl (C=O) groups excluding carboxylic acids is 1. The Morgan fingerprint density at radius 1 is 1.24 bits per heavy atom. The summed E-state index contributed by atoms with van der Waals surface area (Å²) in [6.07, 6.45) is 4.18. The third kappa shape index (κ3) is 4.05. The van der Waals surface area contributed by atoms with Crippen LogP contribution in [0.25, 0.3) is 0 Å². The maximum absolute atomic E-state index is 12.3. The SMILES string of the molecule is CCc1ccccc1NC(=O)c1cncc(NC(C)C)c1. The zero-order chi connectivity index (χ0) is 15.2. The summed E-state index contributed by atoms with van der Waals surface area (Å²) in [4.78, 5) is 16.5. The van der Waals surface area contributed by atoms with Crippen molar-refractivity contribution in [2.45, 2.75) is 33.2 Å². The molecule has 0 fully saturated rings. The number of benzene rings is 1. The number of nitrogens with zero attached hydrogens (tertiary/aromatic N) is 1. The lowest BCUT2D eigenvalue weighted by Gasteiger charge is -2.12. The summed E-state index contributed by atoms with van der Waals surface area (Å²) >= 11 is 0. The zero-order valence-electron chi connectivity index (χ0n) is 12.7. The normalized spacial score (nSPS) is 10.5. The van der Waals surface area contributed by atoms with Gasteiger partial charge in [-0.05, 0) is 38.0 Å². The van der Waals surface area contributed by atoms with Gasteiger partial charge in [-0.25, -0.2) is 0 Å². The third-order valence-corrected chi connectivity index (χ3v) is 3.10. The Hall–Kier alpha value is -2.36. The van der Waals surface area contributed by atoms with Crippen molar-refractivity contribution < 1.29 is 4.79 Å². The number of aromatic nitrogens is 1. The molecule has 0 saturated heterocycles. The Bertz CT molecular complexity index is 623. The average molecular weight is 283 g/mol. The van der Waals surface area contributed by atoms with E-state index in [0.29, 0.717) is 11.6 Å². The zero-order valence-corrected chi connectivity index (χ0v) is 12.7. The quantitative estimate of drug-likeness (QED) is 0.879. The number of hydrogen-bond donors (Lipinski definition) is 2. The predicted octanol–water partition coefficient (Wildman–Crippen LogP) is 3.72. The van der Waals surface area contributed by atoms with Gasteiger partial charge >= 0.3 is 0 Å². The van der Waals surface area contributed by atoms with E-state index in [4.69, 9.17) is 0 Å². The van der Waals surface area contributed by atoms with Gasteiger partial charge in [-0.1, -0.05) is 25.1 Å². The number of amides is 1. The summed E-state index contributed by atoms with van der Waals surface area (Å²) < 4.78 is 0. The van der Waals surface area contributed by atoms with E-state index >= 15 is 0 Å². The highest BCUT2D eigenvalue weighted by atomic mass is 16.1. The van der Waals surface area contributed by atoms with E-state index in [1.54, 1.807) is 12.4 Å². The highest BCUT2D eigenvalue weighted by Gasteiger charge is 2.09. The molecule has 2 N–H and O–H groups in total. The van der Waals surface area contributed by atoms with Crippen LogP contribution < -0.4 is 10.6 Å². The fourth-order valence-electron chi connectivity index (χ4n) is 2.12. The van der Waals surface area contributed by atoms with E-state index in [1.165, 1.54) is 0 Å². The van der Waals surface area contributed by atoms with Gasteiger partial charge in [0.2, 0.25) is 0 Å². The van der Waals surface area contributed by atoms with Crippen molar-refractivity contribution in [2.24, 2.45) is 0 Å². The molecule has 1 heterocycles. The molecule has 1 amide bonds. The highest BCUT2D eigenvalue weighted by molar-refractivity contribution is 6.04. The van der Waals surface area contributed by atoms with Crippen LogP contribution in [0.15, 0.2) is 42.7 Å². The summed E-state index contributed by atoms with van der Waals surface area (Å²) in [5.74, 6) is -0.143. The van der Waals surface area contributed by atoms with Crippen LogP contribution in [0.1, 0.15) is 36.7 Å². The van der Waals surface area contributed by atoms with Crippen molar-refractivity contribution in [3.8, 4) is 0 Å². The maximum atomic E-state index is 12.3. The van der Waals surface area contributed by atoms with Gasteiger partial charge in [0.05, 0.1) is 11.3 Å². The van der Waals surface area contributed by atoms with Crippen LogP contribution in [0.3, 0.4) is 0 Å². The molecule has 2 rings (SSSR count). The number of aryl methyl sites for hydroxylation is 1. The molecule has 0 bridgehead atoms. The molecule has 21 heavy (non-hydrogen) atoms. The van der Waals surface area contributed by atoms with Crippen molar-refractivity contribution in [2.75, 3.05) is 10.6 Å². The Morgan fingerprint density at radius 2 is 2.00 bits per heavy atom. The van der Waals surface area contributed by atoms with E-state index in [2.05, 4.69) is 22.5 Å². The maximum Gasteiger partial charge on any atom is 0.257 e. The smallest absolute Gasteiger partial charge is 0.257 e. The molecule has 4 nitrogen and oxygen atoms in total. The van der Waals surface area contributed by atoms with Gasteiger partial charge in [0.15, 0.2) is 0 Å². The minimum absolute atomic E-state index is 0.143. The molecule has 0 aliphatic heterocycles. The van der Waals surface area contributed by atoms with Crippen molar-refractivity contribution in [1.29, 1.82) is 0 Å². The molecule has 0 aliphatic carbocycles. The average Bonchev–Trinajstić information content (AvgIpc) is 2.47. The molecule has 0 saturated carbocycles. The van der Waals surface area contributed by atoms with Gasteiger partial charge in [0.1, 0.15) is 0 Å². The molecule has 1 aromatic heterocycles. The molecule has 0 unspecified atom stereocenters. The number of nitrogens with one attached hydrogen (secondary N) is 2. The molecule has 1 aromatic carbocycles. The van der Waals surface area contributed by atoms with E-state index in [-0.39, 0.29) is 5.91 Å². The van der Waals surface area contributed by atoms with Crippen molar-refractivity contribution in [3.05, 3.63) is 53.9 Å². The topological polar surface area (TPSA) is 54.0 Å². The lowest BCUT2D eigenvalue weighted by atomic mass is 10.1. The lowest BCUT2D eigenvalue weighted by Crippen LogP contribution is -2.15. The van der Waals surface area contributed by atoms with Crippen molar-refractivity contribution in [3.63, 3.8) is 0 Å². The Morgan fingerprint density at radius 3 is 2.71 bits per heavy atom. The van der Waals surface area contributed by atoms with E-state index < -0.39 is 0 Å². The summed E-state index contributed by atoms with van der Waals surface area (Å²) in [7, 11) is 0. The first-order valence-corrected chi connectivity index (χ1v) is 7.21. The first kappa shape index (κ1) is 15.0. The number of hydrogen-bond acceptors (Lipinski definition) is 3. The Balaban J connectivity index is 2.16. The summed E-state index contributed by atoms with van der Waals surface area (Å²) in [5.41, 5.74) is 3.37.